The van der Waals surface area contributed by atoms with Gasteiger partial charge in [-0.05, 0) is 37.6 Å². The summed E-state index contributed by atoms with van der Waals surface area (Å²) in [4.78, 5) is 14.1. The van der Waals surface area contributed by atoms with Gasteiger partial charge >= 0.3 is 0 Å². The third kappa shape index (κ3) is 2.87. The molecule has 1 aromatic rings. The van der Waals surface area contributed by atoms with Crippen LogP contribution < -0.4 is 9.47 Å². The van der Waals surface area contributed by atoms with Crippen molar-refractivity contribution < 1.29 is 23.7 Å². The van der Waals surface area contributed by atoms with Crippen LogP contribution in [0.2, 0.25) is 0 Å². The Hall–Kier alpha value is -2.05. The number of hydrogen-bond donors (Lipinski definition) is 0. The number of ether oxygens (including phenoxy) is 4. The monoisotopic (exact) mass is 331 g/mol. The zero-order valence-electron chi connectivity index (χ0n) is 13.9. The number of carbonyl (C=O) groups is 1. The molecule has 128 valence electrons. The van der Waals surface area contributed by atoms with E-state index in [1.165, 1.54) is 0 Å². The molecule has 0 radical (unpaired) electrons. The average molecular weight is 331 g/mol. The molecule has 2 saturated heterocycles. The summed E-state index contributed by atoms with van der Waals surface area (Å²) in [5.41, 5.74) is 0.867. The van der Waals surface area contributed by atoms with Gasteiger partial charge in [-0.2, -0.15) is 0 Å². The molecule has 3 aliphatic heterocycles. The van der Waals surface area contributed by atoms with Gasteiger partial charge in [-0.1, -0.05) is 6.07 Å². The lowest BCUT2D eigenvalue weighted by atomic mass is 9.80. The Kier molecular flexibility index (Phi) is 3.54. The van der Waals surface area contributed by atoms with Crippen LogP contribution in [0, 0.1) is 5.41 Å². The lowest BCUT2D eigenvalue weighted by Gasteiger charge is -2.53. The molecule has 0 atom stereocenters. The van der Waals surface area contributed by atoms with Gasteiger partial charge < -0.3 is 23.8 Å². The van der Waals surface area contributed by atoms with Crippen molar-refractivity contribution in [1.82, 2.24) is 4.90 Å². The predicted molar refractivity (Wildman–Crippen MR) is 86.6 cm³/mol. The van der Waals surface area contributed by atoms with Crippen molar-refractivity contribution in [2.24, 2.45) is 5.41 Å². The summed E-state index contributed by atoms with van der Waals surface area (Å²) in [5.74, 6) is 0.938. The maximum absolute atomic E-state index is 12.3. The van der Waals surface area contributed by atoms with E-state index in [1.54, 1.807) is 12.2 Å². The first-order valence-electron chi connectivity index (χ1n) is 8.09. The Morgan fingerprint density at radius 3 is 2.58 bits per heavy atom. The van der Waals surface area contributed by atoms with Crippen molar-refractivity contribution in [1.29, 1.82) is 0 Å². The molecule has 4 rings (SSSR count). The van der Waals surface area contributed by atoms with Crippen LogP contribution >= 0.6 is 0 Å². The Bertz CT molecular complexity index is 679. The first-order chi connectivity index (χ1) is 11.4. The molecule has 0 N–H and O–H groups in total. The average Bonchev–Trinajstić information content (AvgIpc) is 2.98. The van der Waals surface area contributed by atoms with Gasteiger partial charge in [-0.3, -0.25) is 4.79 Å². The normalized spacial score (nSPS) is 23.5. The van der Waals surface area contributed by atoms with Gasteiger partial charge in [0.25, 0.3) is 0 Å². The Balaban J connectivity index is 1.33. The molecule has 2 fully saturated rings. The Labute approximate surface area is 140 Å². The van der Waals surface area contributed by atoms with Crippen LogP contribution in [0.3, 0.4) is 0 Å². The minimum atomic E-state index is -0.519. The number of benzene rings is 1. The maximum Gasteiger partial charge on any atom is 0.246 e. The molecule has 6 heteroatoms. The fourth-order valence-electron chi connectivity index (χ4n) is 3.13. The molecular formula is C18H21NO5. The van der Waals surface area contributed by atoms with E-state index >= 15 is 0 Å². The van der Waals surface area contributed by atoms with E-state index in [1.807, 2.05) is 36.9 Å². The van der Waals surface area contributed by atoms with Gasteiger partial charge in [0.2, 0.25) is 12.7 Å². The molecule has 0 aromatic heterocycles. The third-order valence-corrected chi connectivity index (χ3v) is 4.63. The molecule has 6 nitrogen and oxygen atoms in total. The summed E-state index contributed by atoms with van der Waals surface area (Å²) >= 11 is 0. The van der Waals surface area contributed by atoms with Crippen molar-refractivity contribution in [3.63, 3.8) is 0 Å². The SMILES string of the molecule is CC1(C)OCC2(CO1)CN(C(=O)C=Cc1ccc3c(c1)OCO3)C2. The van der Waals surface area contributed by atoms with Crippen LogP contribution in [0.5, 0.6) is 11.5 Å². The number of carbonyl (C=O) groups excluding carboxylic acids is 1. The Morgan fingerprint density at radius 1 is 1.12 bits per heavy atom. The molecule has 1 amide bonds. The molecule has 3 aliphatic rings. The summed E-state index contributed by atoms with van der Waals surface area (Å²) in [6.45, 7) is 6.69. The zero-order valence-corrected chi connectivity index (χ0v) is 13.9. The van der Waals surface area contributed by atoms with E-state index in [-0.39, 0.29) is 18.1 Å². The summed E-state index contributed by atoms with van der Waals surface area (Å²) in [5, 5.41) is 0. The van der Waals surface area contributed by atoms with Crippen LogP contribution in [-0.4, -0.2) is 49.7 Å². The van der Waals surface area contributed by atoms with Crippen molar-refractivity contribution in [3.8, 4) is 11.5 Å². The highest BCUT2D eigenvalue weighted by molar-refractivity contribution is 5.92. The predicted octanol–water partition coefficient (Wildman–Crippen LogP) is 2.04. The molecule has 1 aromatic carbocycles. The minimum absolute atomic E-state index is 0.00289. The van der Waals surface area contributed by atoms with Crippen molar-refractivity contribution in [2.75, 3.05) is 33.1 Å². The van der Waals surface area contributed by atoms with Crippen molar-refractivity contribution in [3.05, 3.63) is 29.8 Å². The largest absolute Gasteiger partial charge is 0.454 e. The van der Waals surface area contributed by atoms with E-state index < -0.39 is 5.79 Å². The van der Waals surface area contributed by atoms with Crippen LogP contribution in [0.15, 0.2) is 24.3 Å². The molecule has 0 saturated carbocycles. The van der Waals surface area contributed by atoms with E-state index in [9.17, 15) is 4.79 Å². The van der Waals surface area contributed by atoms with Gasteiger partial charge in [-0.25, -0.2) is 0 Å². The van der Waals surface area contributed by atoms with Crippen LogP contribution in [0.4, 0.5) is 0 Å². The second kappa shape index (κ2) is 5.50. The number of likely N-dealkylation sites (tertiary alicyclic amines) is 1. The lowest BCUT2D eigenvalue weighted by Crippen LogP contribution is -2.65. The van der Waals surface area contributed by atoms with E-state index in [4.69, 9.17) is 18.9 Å². The van der Waals surface area contributed by atoms with Crippen molar-refractivity contribution in [2.45, 2.75) is 19.6 Å². The number of hydrogen-bond acceptors (Lipinski definition) is 5. The topological polar surface area (TPSA) is 57.2 Å². The second-order valence-electron chi connectivity index (χ2n) is 7.12. The highest BCUT2D eigenvalue weighted by Gasteiger charge is 2.49. The highest BCUT2D eigenvalue weighted by Crippen LogP contribution is 2.38. The van der Waals surface area contributed by atoms with Gasteiger partial charge in [-0.15, -0.1) is 0 Å². The second-order valence-corrected chi connectivity index (χ2v) is 7.12. The molecule has 24 heavy (non-hydrogen) atoms. The number of rotatable bonds is 2. The van der Waals surface area contributed by atoms with Crippen LogP contribution in [0.25, 0.3) is 6.08 Å². The molecule has 3 heterocycles. The van der Waals surface area contributed by atoms with Crippen LogP contribution in [0.1, 0.15) is 19.4 Å². The van der Waals surface area contributed by atoms with Crippen LogP contribution in [-0.2, 0) is 14.3 Å². The smallest absolute Gasteiger partial charge is 0.246 e. The van der Waals surface area contributed by atoms with Gasteiger partial charge in [0.05, 0.1) is 18.6 Å². The molecule has 1 spiro atoms. The summed E-state index contributed by atoms with van der Waals surface area (Å²) in [7, 11) is 0. The number of nitrogens with zero attached hydrogens (tertiary/aromatic N) is 1. The first kappa shape index (κ1) is 15.5. The quantitative estimate of drug-likeness (QED) is 0.776. The summed E-state index contributed by atoms with van der Waals surface area (Å²) in [6.07, 6.45) is 3.39. The minimum Gasteiger partial charge on any atom is -0.454 e. The standard InChI is InChI=1S/C18H21NO5/c1-17(2)23-10-18(11-24-17)8-19(9-18)16(20)6-4-13-3-5-14-15(7-13)22-12-21-14/h3-7H,8-12H2,1-2H3. The van der Waals surface area contributed by atoms with Crippen molar-refractivity contribution >= 4 is 12.0 Å². The highest BCUT2D eigenvalue weighted by atomic mass is 16.7. The number of fused-ring (bicyclic) bond motifs is 1. The fraction of sp³-hybridized carbons (Fsp3) is 0.500. The summed E-state index contributed by atoms with van der Waals surface area (Å²) < 4.78 is 22.1. The van der Waals surface area contributed by atoms with E-state index in [0.717, 1.165) is 11.3 Å². The molecule has 0 aliphatic carbocycles. The number of amides is 1. The van der Waals surface area contributed by atoms with Gasteiger partial charge in [0.1, 0.15) is 0 Å². The Morgan fingerprint density at radius 2 is 1.83 bits per heavy atom. The summed E-state index contributed by atoms with van der Waals surface area (Å²) in [6, 6.07) is 5.62. The van der Waals surface area contributed by atoms with E-state index in [2.05, 4.69) is 0 Å². The third-order valence-electron chi connectivity index (χ3n) is 4.63. The lowest BCUT2D eigenvalue weighted by molar-refractivity contribution is -0.302. The maximum atomic E-state index is 12.3. The first-order valence-corrected chi connectivity index (χ1v) is 8.09. The zero-order chi connectivity index (χ0) is 16.8. The molecular weight excluding hydrogens is 310 g/mol. The fourth-order valence-corrected chi connectivity index (χ4v) is 3.13. The molecule has 0 bridgehead atoms. The van der Waals surface area contributed by atoms with Gasteiger partial charge in [0, 0.05) is 19.2 Å². The molecule has 0 unspecified atom stereocenters. The van der Waals surface area contributed by atoms with Gasteiger partial charge in [0.15, 0.2) is 17.3 Å². The van der Waals surface area contributed by atoms with E-state index in [0.29, 0.717) is 32.1 Å².